The predicted molar refractivity (Wildman–Crippen MR) is 86.5 cm³/mol. The van der Waals surface area contributed by atoms with Gasteiger partial charge in [-0.05, 0) is 29.3 Å². The summed E-state index contributed by atoms with van der Waals surface area (Å²) in [6.07, 6.45) is 1.70. The van der Waals surface area contributed by atoms with E-state index in [-0.39, 0.29) is 5.91 Å². The molecule has 0 saturated carbocycles. The van der Waals surface area contributed by atoms with Crippen LogP contribution in [0.25, 0.3) is 6.08 Å². The van der Waals surface area contributed by atoms with E-state index >= 15 is 0 Å². The number of rotatable bonds is 4. The first kappa shape index (κ1) is 14.8. The zero-order valence-electron chi connectivity index (χ0n) is 12.7. The first-order valence-electron chi connectivity index (χ1n) is 7.20. The number of hydrogen-bond donors (Lipinski definition) is 1. The molecule has 5 nitrogen and oxygen atoms in total. The summed E-state index contributed by atoms with van der Waals surface area (Å²) in [5.41, 5.74) is 2.12. The third kappa shape index (κ3) is 3.23. The monoisotopic (exact) mass is 308 g/mol. The van der Waals surface area contributed by atoms with E-state index in [4.69, 9.17) is 4.74 Å². The molecule has 1 aliphatic rings. The van der Waals surface area contributed by atoms with Crippen LogP contribution in [-0.4, -0.2) is 23.9 Å². The summed E-state index contributed by atoms with van der Waals surface area (Å²) in [4.78, 5) is 25.5. The molecule has 116 valence electrons. The Bertz CT molecular complexity index is 752. The number of methoxy groups -OCH3 is 1. The minimum atomic E-state index is -0.404. The van der Waals surface area contributed by atoms with Crippen LogP contribution in [0, 0.1) is 0 Å². The van der Waals surface area contributed by atoms with Gasteiger partial charge in [0, 0.05) is 0 Å². The van der Waals surface area contributed by atoms with Gasteiger partial charge in [0.05, 0.1) is 13.7 Å². The van der Waals surface area contributed by atoms with Crippen LogP contribution >= 0.6 is 0 Å². The second-order valence-corrected chi connectivity index (χ2v) is 5.13. The molecule has 0 spiro atoms. The number of amides is 3. The summed E-state index contributed by atoms with van der Waals surface area (Å²) < 4.78 is 5.11. The Kier molecular flexibility index (Phi) is 4.10. The Morgan fingerprint density at radius 1 is 1.04 bits per heavy atom. The maximum Gasteiger partial charge on any atom is 0.329 e. The summed E-state index contributed by atoms with van der Waals surface area (Å²) in [6, 6.07) is 16.4. The van der Waals surface area contributed by atoms with Gasteiger partial charge < -0.3 is 4.74 Å². The van der Waals surface area contributed by atoms with Crippen molar-refractivity contribution in [2.45, 2.75) is 6.54 Å². The van der Waals surface area contributed by atoms with Crippen molar-refractivity contribution in [3.63, 3.8) is 0 Å². The number of benzene rings is 2. The average molecular weight is 308 g/mol. The molecular weight excluding hydrogens is 292 g/mol. The Morgan fingerprint density at radius 2 is 1.74 bits per heavy atom. The van der Waals surface area contributed by atoms with E-state index in [2.05, 4.69) is 5.32 Å². The van der Waals surface area contributed by atoms with E-state index in [1.807, 2.05) is 54.6 Å². The third-order valence-electron chi connectivity index (χ3n) is 3.59. The highest BCUT2D eigenvalue weighted by Gasteiger charge is 2.32. The fourth-order valence-electron chi connectivity index (χ4n) is 2.39. The summed E-state index contributed by atoms with van der Waals surface area (Å²) in [5.74, 6) is 0.349. The standard InChI is InChI=1S/C18H16N2O3/c1-23-15-9-7-13(8-10-15)11-16-17(21)19-18(22)20(16)12-14-5-3-2-4-6-14/h2-11H,12H2,1H3,(H,19,21,22)/b16-11-. The number of nitrogens with zero attached hydrogens (tertiary/aromatic N) is 1. The molecule has 1 heterocycles. The third-order valence-corrected chi connectivity index (χ3v) is 3.59. The van der Waals surface area contributed by atoms with E-state index in [9.17, 15) is 9.59 Å². The molecule has 5 heteroatoms. The van der Waals surface area contributed by atoms with Crippen molar-refractivity contribution >= 4 is 18.0 Å². The number of ether oxygens (including phenoxy) is 1. The molecule has 1 saturated heterocycles. The van der Waals surface area contributed by atoms with Crippen molar-refractivity contribution in [3.8, 4) is 5.75 Å². The molecule has 3 rings (SSSR count). The molecular formula is C18H16N2O3. The van der Waals surface area contributed by atoms with Gasteiger partial charge in [-0.25, -0.2) is 4.79 Å². The molecule has 0 bridgehead atoms. The highest BCUT2D eigenvalue weighted by atomic mass is 16.5. The van der Waals surface area contributed by atoms with Crippen LogP contribution in [0.2, 0.25) is 0 Å². The second-order valence-electron chi connectivity index (χ2n) is 5.13. The minimum Gasteiger partial charge on any atom is -0.497 e. The summed E-state index contributed by atoms with van der Waals surface area (Å²) in [7, 11) is 1.60. The van der Waals surface area contributed by atoms with Crippen LogP contribution in [-0.2, 0) is 11.3 Å². The van der Waals surface area contributed by atoms with Gasteiger partial charge in [0.15, 0.2) is 0 Å². The molecule has 0 aliphatic carbocycles. The van der Waals surface area contributed by atoms with Gasteiger partial charge in [0.2, 0.25) is 0 Å². The molecule has 1 N–H and O–H groups in total. The Labute approximate surface area is 134 Å². The quantitative estimate of drug-likeness (QED) is 0.698. The van der Waals surface area contributed by atoms with Crippen molar-refractivity contribution in [2.75, 3.05) is 7.11 Å². The lowest BCUT2D eigenvalue weighted by molar-refractivity contribution is -0.116. The molecule has 3 amide bonds. The largest absolute Gasteiger partial charge is 0.497 e. The highest BCUT2D eigenvalue weighted by molar-refractivity contribution is 6.13. The summed E-state index contributed by atoms with van der Waals surface area (Å²) in [6.45, 7) is 0.348. The zero-order valence-corrected chi connectivity index (χ0v) is 12.7. The smallest absolute Gasteiger partial charge is 0.329 e. The number of carbonyl (C=O) groups excluding carboxylic acids is 2. The van der Waals surface area contributed by atoms with Crippen LogP contribution in [0.15, 0.2) is 60.3 Å². The lowest BCUT2D eigenvalue weighted by Gasteiger charge is -2.15. The van der Waals surface area contributed by atoms with Crippen LogP contribution in [0.3, 0.4) is 0 Å². The maximum absolute atomic E-state index is 12.0. The van der Waals surface area contributed by atoms with Gasteiger partial charge in [0.1, 0.15) is 11.4 Å². The van der Waals surface area contributed by atoms with Crippen molar-refractivity contribution in [1.29, 1.82) is 0 Å². The number of carbonyl (C=O) groups is 2. The summed E-state index contributed by atoms with van der Waals surface area (Å²) >= 11 is 0. The number of hydrogen-bond acceptors (Lipinski definition) is 3. The Morgan fingerprint density at radius 3 is 2.39 bits per heavy atom. The number of nitrogens with one attached hydrogen (secondary N) is 1. The lowest BCUT2D eigenvalue weighted by Crippen LogP contribution is -2.27. The molecule has 2 aromatic rings. The van der Waals surface area contributed by atoms with Gasteiger partial charge in [-0.2, -0.15) is 0 Å². The van der Waals surface area contributed by atoms with Crippen LogP contribution in [0.5, 0.6) is 5.75 Å². The normalized spacial score (nSPS) is 15.9. The fraction of sp³-hybridized carbons (Fsp3) is 0.111. The van der Waals surface area contributed by atoms with Gasteiger partial charge in [-0.3, -0.25) is 15.0 Å². The zero-order chi connectivity index (χ0) is 16.2. The van der Waals surface area contributed by atoms with Gasteiger partial charge in [-0.1, -0.05) is 42.5 Å². The molecule has 0 atom stereocenters. The molecule has 2 aromatic carbocycles. The topological polar surface area (TPSA) is 58.6 Å². The molecule has 0 unspecified atom stereocenters. The van der Waals surface area contributed by atoms with E-state index in [1.165, 1.54) is 4.90 Å². The first-order valence-corrected chi connectivity index (χ1v) is 7.20. The first-order chi connectivity index (χ1) is 11.2. The highest BCUT2D eigenvalue weighted by Crippen LogP contribution is 2.21. The van der Waals surface area contributed by atoms with Crippen LogP contribution < -0.4 is 10.1 Å². The Hall–Kier alpha value is -3.08. The lowest BCUT2D eigenvalue weighted by atomic mass is 10.1. The van der Waals surface area contributed by atoms with E-state index in [1.54, 1.807) is 13.2 Å². The average Bonchev–Trinajstić information content (AvgIpc) is 2.83. The van der Waals surface area contributed by atoms with E-state index in [0.29, 0.717) is 12.2 Å². The molecule has 1 aliphatic heterocycles. The fourth-order valence-corrected chi connectivity index (χ4v) is 2.39. The molecule has 23 heavy (non-hydrogen) atoms. The van der Waals surface area contributed by atoms with Crippen molar-refractivity contribution in [1.82, 2.24) is 10.2 Å². The predicted octanol–water partition coefficient (Wildman–Crippen LogP) is 2.79. The van der Waals surface area contributed by atoms with Crippen molar-refractivity contribution in [2.24, 2.45) is 0 Å². The summed E-state index contributed by atoms with van der Waals surface area (Å²) in [5, 5.41) is 2.34. The molecule has 0 aromatic heterocycles. The van der Waals surface area contributed by atoms with E-state index < -0.39 is 6.03 Å². The van der Waals surface area contributed by atoms with Crippen LogP contribution in [0.1, 0.15) is 11.1 Å². The van der Waals surface area contributed by atoms with E-state index in [0.717, 1.165) is 16.9 Å². The number of urea groups is 1. The van der Waals surface area contributed by atoms with Crippen LogP contribution in [0.4, 0.5) is 4.79 Å². The SMILES string of the molecule is COc1ccc(/C=C2/C(=O)NC(=O)N2Cc2ccccc2)cc1. The second kappa shape index (κ2) is 6.36. The Balaban J connectivity index is 1.89. The molecule has 0 radical (unpaired) electrons. The van der Waals surface area contributed by atoms with Gasteiger partial charge in [-0.15, -0.1) is 0 Å². The van der Waals surface area contributed by atoms with Crippen molar-refractivity contribution < 1.29 is 14.3 Å². The van der Waals surface area contributed by atoms with Gasteiger partial charge >= 0.3 is 6.03 Å². The van der Waals surface area contributed by atoms with Gasteiger partial charge in [0.25, 0.3) is 5.91 Å². The number of imide groups is 1. The minimum absolute atomic E-state index is 0.337. The molecule has 1 fully saturated rings. The van der Waals surface area contributed by atoms with Crippen molar-refractivity contribution in [3.05, 3.63) is 71.4 Å². The maximum atomic E-state index is 12.0.